The number of hydrogen-bond acceptors (Lipinski definition) is 21. The third-order valence-electron chi connectivity index (χ3n) is 9.80. The zero-order valence-corrected chi connectivity index (χ0v) is 31.9. The number of nitrogens with one attached hydrogen (secondary N) is 1. The van der Waals surface area contributed by atoms with Crippen molar-refractivity contribution in [2.75, 3.05) is 39.8 Å². The number of carboxylic acids is 1. The van der Waals surface area contributed by atoms with E-state index in [2.05, 4.69) is 9.46 Å². The first-order chi connectivity index (χ1) is 26.3. The van der Waals surface area contributed by atoms with Crippen LogP contribution in [0.5, 0.6) is 0 Å². The summed E-state index contributed by atoms with van der Waals surface area (Å²) in [4.78, 5) is 23.9. The molecule has 3 fully saturated rings. The number of carbonyl (C=O) groups is 2. The standard InChI is InChI=1S/C32H58N2O21S/c1-49-19(40)9-7-5-3-4-6-8-10-50-29-21(34-56(2,47)48)27(23(42)17(13-36)51-29)53-30-25(44)28(24(43)18(14-37)52-30)55-32(31(45)46)11-15(38)20(33)26(54-32)22(41)16(39)12-35/h15-18,20-30,34-39,41-44H,3-14,33H2,1-2H3,(H,45,46)/t15-,16+,17+,18+,20+,21+,22+,23+,24-,25+,26+,27+,28-,29+,30-,32-/m0/s1. The largest absolute Gasteiger partial charge is 0.477 e. The molecule has 0 aromatic carbocycles. The number of methoxy groups -OCH3 is 1. The van der Waals surface area contributed by atoms with Crippen LogP contribution in [-0.4, -0.2) is 209 Å². The van der Waals surface area contributed by atoms with Gasteiger partial charge in [-0.25, -0.2) is 17.9 Å². The highest BCUT2D eigenvalue weighted by Gasteiger charge is 2.59. The molecule has 3 heterocycles. The monoisotopic (exact) mass is 838 g/mol. The second kappa shape index (κ2) is 22.0. The van der Waals surface area contributed by atoms with Gasteiger partial charge < -0.3 is 90.0 Å². The molecule has 0 aromatic heterocycles. The van der Waals surface area contributed by atoms with Crippen LogP contribution in [-0.2, 0) is 52.8 Å². The number of aliphatic hydroxyl groups excluding tert-OH is 9. The smallest absolute Gasteiger partial charge is 0.364 e. The van der Waals surface area contributed by atoms with E-state index in [0.29, 0.717) is 25.7 Å². The number of aliphatic carboxylic acids is 1. The van der Waals surface area contributed by atoms with Crippen molar-refractivity contribution in [2.24, 2.45) is 5.73 Å². The maximum absolute atomic E-state index is 12.7. The van der Waals surface area contributed by atoms with Gasteiger partial charge in [-0.1, -0.05) is 25.7 Å². The van der Waals surface area contributed by atoms with E-state index in [1.165, 1.54) is 7.11 Å². The molecule has 3 aliphatic heterocycles. The van der Waals surface area contributed by atoms with Gasteiger partial charge in [0.2, 0.25) is 10.0 Å². The SMILES string of the molecule is COC(=O)CCCCCCCCO[C@@H]1O[C@H](CO)[C@@H](O)[C@H](O[C@@H]2O[C@H](CO)[C@H](O)[C@H](O[C@]3(C(=O)O)C[C@H](O)[C@@H](N)[C@H]([C@H](O)[C@H](O)CO)O3)[C@H]2O)[C@H]1NS(C)(=O)=O. The number of esters is 1. The maximum Gasteiger partial charge on any atom is 0.364 e. The van der Waals surface area contributed by atoms with Crippen LogP contribution in [0.2, 0.25) is 0 Å². The summed E-state index contributed by atoms with van der Waals surface area (Å²) in [5.74, 6) is -5.25. The second-order valence-corrected chi connectivity index (χ2v) is 15.8. The van der Waals surface area contributed by atoms with Gasteiger partial charge in [0, 0.05) is 19.4 Å². The number of aliphatic hydroxyl groups is 9. The first-order valence-electron chi connectivity index (χ1n) is 18.2. The van der Waals surface area contributed by atoms with Crippen LogP contribution >= 0.6 is 0 Å². The lowest BCUT2D eigenvalue weighted by molar-refractivity contribution is -0.380. The quantitative estimate of drug-likeness (QED) is 0.0357. The van der Waals surface area contributed by atoms with Crippen molar-refractivity contribution < 1.29 is 102 Å². The van der Waals surface area contributed by atoms with Crippen molar-refractivity contribution >= 4 is 22.0 Å². The van der Waals surface area contributed by atoms with Crippen molar-refractivity contribution in [1.82, 2.24) is 4.72 Å². The highest BCUT2D eigenvalue weighted by Crippen LogP contribution is 2.38. The Kier molecular flexibility index (Phi) is 19.1. The van der Waals surface area contributed by atoms with Gasteiger partial charge in [0.25, 0.3) is 5.79 Å². The Morgan fingerprint density at radius 3 is 2.02 bits per heavy atom. The number of rotatable bonds is 22. The lowest BCUT2D eigenvalue weighted by atomic mass is 9.88. The number of sulfonamides is 1. The van der Waals surface area contributed by atoms with Crippen LogP contribution in [0, 0.1) is 0 Å². The molecule has 0 spiro atoms. The molecule has 23 nitrogen and oxygen atoms in total. The van der Waals surface area contributed by atoms with Gasteiger partial charge in [0.05, 0.1) is 45.3 Å². The van der Waals surface area contributed by atoms with E-state index in [-0.39, 0.29) is 12.6 Å². The number of unbranched alkanes of at least 4 members (excludes halogenated alkanes) is 5. The van der Waals surface area contributed by atoms with Crippen LogP contribution in [0.4, 0.5) is 0 Å². The molecule has 56 heavy (non-hydrogen) atoms. The molecule has 0 aliphatic carbocycles. The average molecular weight is 839 g/mol. The molecule has 0 unspecified atom stereocenters. The maximum atomic E-state index is 12.7. The molecule has 0 bridgehead atoms. The van der Waals surface area contributed by atoms with Crippen molar-refractivity contribution in [3.05, 3.63) is 0 Å². The predicted octanol–water partition coefficient (Wildman–Crippen LogP) is -5.92. The number of hydrogen-bond donors (Lipinski definition) is 12. The molecule has 16 atom stereocenters. The first kappa shape index (κ1) is 48.6. The Bertz CT molecular complexity index is 1330. The Labute approximate surface area is 323 Å². The van der Waals surface area contributed by atoms with Crippen LogP contribution < -0.4 is 10.5 Å². The molecule has 0 saturated carbocycles. The Balaban J connectivity index is 1.84. The van der Waals surface area contributed by atoms with Crippen LogP contribution in [0.3, 0.4) is 0 Å². The summed E-state index contributed by atoms with van der Waals surface area (Å²) >= 11 is 0. The van der Waals surface area contributed by atoms with Crippen LogP contribution in [0.15, 0.2) is 0 Å². The molecule has 13 N–H and O–H groups in total. The van der Waals surface area contributed by atoms with Gasteiger partial charge in [-0.3, -0.25) is 4.79 Å². The molecule has 3 aliphatic rings. The zero-order chi connectivity index (χ0) is 42.0. The average Bonchev–Trinajstić information content (AvgIpc) is 3.15. The Morgan fingerprint density at radius 2 is 1.46 bits per heavy atom. The lowest BCUT2D eigenvalue weighted by Crippen LogP contribution is -2.70. The Hall–Kier alpha value is -1.79. The summed E-state index contributed by atoms with van der Waals surface area (Å²) in [5, 5.41) is 105. The fourth-order valence-corrected chi connectivity index (χ4v) is 7.41. The topological polar surface area (TPSA) is 373 Å². The summed E-state index contributed by atoms with van der Waals surface area (Å²) in [7, 11) is -2.81. The number of carbonyl (C=O) groups excluding carboxylic acids is 1. The number of nitrogens with two attached hydrogens (primary N) is 1. The van der Waals surface area contributed by atoms with Gasteiger partial charge >= 0.3 is 11.9 Å². The van der Waals surface area contributed by atoms with Crippen LogP contribution in [0.25, 0.3) is 0 Å². The summed E-state index contributed by atoms with van der Waals surface area (Å²) in [6.45, 7) is -2.82. The van der Waals surface area contributed by atoms with E-state index >= 15 is 0 Å². The minimum Gasteiger partial charge on any atom is -0.477 e. The molecule has 3 rings (SSSR count). The van der Waals surface area contributed by atoms with Gasteiger partial charge in [-0.05, 0) is 12.8 Å². The molecule has 0 amide bonds. The summed E-state index contributed by atoms with van der Waals surface area (Å²) < 4.78 is 66.0. The van der Waals surface area contributed by atoms with Gasteiger partial charge in [0.15, 0.2) is 12.6 Å². The molecule has 0 aromatic rings. The molecule has 328 valence electrons. The van der Waals surface area contributed by atoms with E-state index in [1.807, 2.05) is 0 Å². The lowest BCUT2D eigenvalue weighted by Gasteiger charge is -2.50. The Morgan fingerprint density at radius 1 is 0.893 bits per heavy atom. The molecule has 3 saturated heterocycles. The number of carboxylic acid groups (broad SMARTS) is 1. The minimum absolute atomic E-state index is 0.0186. The second-order valence-electron chi connectivity index (χ2n) is 14.1. The van der Waals surface area contributed by atoms with Crippen molar-refractivity contribution in [1.29, 1.82) is 0 Å². The fourth-order valence-electron chi connectivity index (χ4n) is 6.67. The summed E-state index contributed by atoms with van der Waals surface area (Å²) in [6.07, 6.45) is -20.0. The van der Waals surface area contributed by atoms with E-state index < -0.39 is 140 Å². The molecular formula is C32H58N2O21S. The van der Waals surface area contributed by atoms with Gasteiger partial charge in [-0.2, -0.15) is 0 Å². The van der Waals surface area contributed by atoms with Crippen molar-refractivity contribution in [2.45, 2.75) is 149 Å². The van der Waals surface area contributed by atoms with E-state index in [0.717, 1.165) is 25.5 Å². The van der Waals surface area contributed by atoms with E-state index in [4.69, 9.17) is 34.2 Å². The van der Waals surface area contributed by atoms with Gasteiger partial charge in [-0.15, -0.1) is 0 Å². The van der Waals surface area contributed by atoms with E-state index in [1.54, 1.807) is 0 Å². The first-order valence-corrected chi connectivity index (χ1v) is 20.1. The van der Waals surface area contributed by atoms with Gasteiger partial charge in [0.1, 0.15) is 67.1 Å². The van der Waals surface area contributed by atoms with Crippen LogP contribution in [0.1, 0.15) is 51.4 Å². The highest BCUT2D eigenvalue weighted by atomic mass is 32.2. The van der Waals surface area contributed by atoms with E-state index in [9.17, 15) is 69.1 Å². The third kappa shape index (κ3) is 12.6. The number of ether oxygens (including phenoxy) is 7. The van der Waals surface area contributed by atoms with Crippen molar-refractivity contribution in [3.8, 4) is 0 Å². The highest BCUT2D eigenvalue weighted by molar-refractivity contribution is 7.88. The third-order valence-corrected chi connectivity index (χ3v) is 10.5. The summed E-state index contributed by atoms with van der Waals surface area (Å²) in [6, 6.07) is -3.11. The zero-order valence-electron chi connectivity index (χ0n) is 31.1. The molecule has 0 radical (unpaired) electrons. The molecular weight excluding hydrogens is 780 g/mol. The minimum atomic E-state index is -4.12. The predicted molar refractivity (Wildman–Crippen MR) is 184 cm³/mol. The molecule has 24 heteroatoms. The van der Waals surface area contributed by atoms with Crippen molar-refractivity contribution in [3.63, 3.8) is 0 Å². The normalized spacial score (nSPS) is 37.8. The fraction of sp³-hybridized carbons (Fsp3) is 0.938. The summed E-state index contributed by atoms with van der Waals surface area (Å²) in [5.41, 5.74) is 5.91.